The van der Waals surface area contributed by atoms with Crippen LogP contribution >= 0.6 is 0 Å². The van der Waals surface area contributed by atoms with Gasteiger partial charge in [0.05, 0.1) is 29.3 Å². The van der Waals surface area contributed by atoms with Gasteiger partial charge in [0.1, 0.15) is 17.6 Å². The van der Waals surface area contributed by atoms with Crippen LogP contribution in [0.25, 0.3) is 0 Å². The van der Waals surface area contributed by atoms with E-state index in [1.54, 1.807) is 0 Å². The maximum absolute atomic E-state index is 12.9. The van der Waals surface area contributed by atoms with E-state index in [-0.39, 0.29) is 35.7 Å². The van der Waals surface area contributed by atoms with Crippen LogP contribution in [0.1, 0.15) is 72.6 Å². The van der Waals surface area contributed by atoms with Crippen LogP contribution in [0.3, 0.4) is 0 Å². The normalized spacial score (nSPS) is 42.5. The second-order valence-corrected chi connectivity index (χ2v) is 9.29. The van der Waals surface area contributed by atoms with Crippen molar-refractivity contribution in [2.75, 3.05) is 0 Å². The number of aliphatic hydroxyl groups is 2. The van der Waals surface area contributed by atoms with Crippen molar-refractivity contribution in [1.29, 1.82) is 0 Å². The van der Waals surface area contributed by atoms with Gasteiger partial charge in [0.25, 0.3) is 0 Å². The molecule has 28 heavy (non-hydrogen) atoms. The van der Waals surface area contributed by atoms with Crippen LogP contribution in [0.15, 0.2) is 11.3 Å². The molecular weight excluding hydrogens is 360 g/mol. The van der Waals surface area contributed by atoms with E-state index in [1.807, 2.05) is 27.7 Å². The smallest absolute Gasteiger partial charge is 0.337 e. The molecule has 2 fully saturated rings. The Morgan fingerprint density at radius 1 is 1.21 bits per heavy atom. The van der Waals surface area contributed by atoms with Crippen LogP contribution in [0.4, 0.5) is 0 Å². The fourth-order valence-electron chi connectivity index (χ4n) is 5.11. The van der Waals surface area contributed by atoms with Crippen LogP contribution in [-0.2, 0) is 19.1 Å². The van der Waals surface area contributed by atoms with E-state index < -0.39 is 29.9 Å². The third-order valence-corrected chi connectivity index (χ3v) is 6.81. The van der Waals surface area contributed by atoms with E-state index in [9.17, 15) is 19.8 Å². The fourth-order valence-corrected chi connectivity index (χ4v) is 5.11. The van der Waals surface area contributed by atoms with Gasteiger partial charge in [0.2, 0.25) is 0 Å². The van der Waals surface area contributed by atoms with Gasteiger partial charge in [-0.2, -0.15) is 0 Å². The molecule has 6 heteroatoms. The van der Waals surface area contributed by atoms with Gasteiger partial charge in [-0.25, -0.2) is 4.79 Å². The second kappa shape index (κ2) is 8.15. The summed E-state index contributed by atoms with van der Waals surface area (Å²) in [6.07, 6.45) is 1.99. The second-order valence-electron chi connectivity index (χ2n) is 9.29. The molecular formula is C22H34O6. The van der Waals surface area contributed by atoms with E-state index in [0.717, 1.165) is 6.42 Å². The lowest BCUT2D eigenvalue weighted by Gasteiger charge is -2.45. The van der Waals surface area contributed by atoms with Crippen LogP contribution in [0.2, 0.25) is 0 Å². The average molecular weight is 395 g/mol. The fraction of sp³-hybridized carbons (Fsp3) is 0.818. The van der Waals surface area contributed by atoms with E-state index in [2.05, 4.69) is 0 Å². The zero-order valence-electron chi connectivity index (χ0n) is 17.4. The summed E-state index contributed by atoms with van der Waals surface area (Å²) in [7, 11) is 0. The van der Waals surface area contributed by atoms with Crippen molar-refractivity contribution in [3.05, 3.63) is 11.3 Å². The lowest BCUT2D eigenvalue weighted by Crippen LogP contribution is -2.50. The van der Waals surface area contributed by atoms with Crippen molar-refractivity contribution in [3.8, 4) is 0 Å². The van der Waals surface area contributed by atoms with Crippen molar-refractivity contribution < 1.29 is 29.3 Å². The number of Topliss-reactive ketones (excluding diaryl/α,β-unsaturated/α-hetero) is 1. The quantitative estimate of drug-likeness (QED) is 0.697. The molecule has 0 unspecified atom stereocenters. The zero-order chi connectivity index (χ0) is 20.6. The van der Waals surface area contributed by atoms with Crippen molar-refractivity contribution in [2.24, 2.45) is 17.8 Å². The molecule has 4 bridgehead atoms. The molecule has 4 rings (SSSR count). The number of carbonyl (C=O) groups is 2. The topological polar surface area (TPSA) is 93.1 Å². The lowest BCUT2D eigenvalue weighted by molar-refractivity contribution is -0.195. The Morgan fingerprint density at radius 3 is 2.61 bits per heavy atom. The molecule has 2 N–H and O–H groups in total. The lowest BCUT2D eigenvalue weighted by atomic mass is 9.78. The first kappa shape index (κ1) is 21.3. The highest BCUT2D eigenvalue weighted by Gasteiger charge is 2.45. The van der Waals surface area contributed by atoms with Gasteiger partial charge >= 0.3 is 5.97 Å². The average Bonchev–Trinajstić information content (AvgIpc) is 2.62. The molecule has 4 aliphatic heterocycles. The summed E-state index contributed by atoms with van der Waals surface area (Å²) in [4.78, 5) is 25.5. The van der Waals surface area contributed by atoms with Crippen LogP contribution in [0, 0.1) is 17.8 Å². The molecule has 0 saturated carbocycles. The third kappa shape index (κ3) is 4.13. The number of hydrogen-bond donors (Lipinski definition) is 2. The summed E-state index contributed by atoms with van der Waals surface area (Å²) in [5.74, 6) is -1.05. The summed E-state index contributed by atoms with van der Waals surface area (Å²) >= 11 is 0. The minimum absolute atomic E-state index is 0.0230. The molecule has 6 nitrogen and oxygen atoms in total. The van der Waals surface area contributed by atoms with Crippen LogP contribution < -0.4 is 0 Å². The minimum Gasteiger partial charge on any atom is -0.511 e. The minimum atomic E-state index is -0.619. The Labute approximate surface area is 167 Å². The highest BCUT2D eigenvalue weighted by molar-refractivity contribution is 5.91. The highest BCUT2D eigenvalue weighted by Crippen LogP contribution is 2.41. The number of carbonyl (C=O) groups excluding carboxylic acids is 2. The van der Waals surface area contributed by atoms with Gasteiger partial charge in [-0.3, -0.25) is 4.79 Å². The first-order valence-corrected chi connectivity index (χ1v) is 10.7. The number of hydrogen-bond acceptors (Lipinski definition) is 6. The maximum atomic E-state index is 12.9. The number of ketones is 1. The Kier molecular flexibility index (Phi) is 6.20. The van der Waals surface area contributed by atoms with E-state index >= 15 is 0 Å². The predicted molar refractivity (Wildman–Crippen MR) is 104 cm³/mol. The maximum Gasteiger partial charge on any atom is 0.337 e. The van der Waals surface area contributed by atoms with Crippen LogP contribution in [0.5, 0.6) is 0 Å². The number of esters is 1. The largest absolute Gasteiger partial charge is 0.511 e. The van der Waals surface area contributed by atoms with Crippen LogP contribution in [-0.4, -0.2) is 45.9 Å². The number of rotatable bonds is 2. The Morgan fingerprint density at radius 2 is 1.93 bits per heavy atom. The molecule has 4 heterocycles. The van der Waals surface area contributed by atoms with Crippen molar-refractivity contribution >= 4 is 11.8 Å². The Hall–Kier alpha value is -1.40. The summed E-state index contributed by atoms with van der Waals surface area (Å²) in [6, 6.07) is 0. The number of fused-ring (bicyclic) bond motifs is 6. The summed E-state index contributed by atoms with van der Waals surface area (Å²) < 4.78 is 11.9. The number of ether oxygens (including phenoxy) is 2. The summed E-state index contributed by atoms with van der Waals surface area (Å²) in [5, 5.41) is 21.5. The molecule has 7 atom stereocenters. The highest BCUT2D eigenvalue weighted by atomic mass is 16.5. The molecule has 0 aromatic rings. The predicted octanol–water partition coefficient (Wildman–Crippen LogP) is 3.46. The molecule has 0 aromatic heterocycles. The van der Waals surface area contributed by atoms with Gasteiger partial charge in [-0.1, -0.05) is 27.2 Å². The molecule has 0 aliphatic carbocycles. The molecule has 0 amide bonds. The third-order valence-electron chi connectivity index (χ3n) is 6.81. The van der Waals surface area contributed by atoms with E-state index in [4.69, 9.17) is 9.47 Å². The van der Waals surface area contributed by atoms with Gasteiger partial charge in [-0.15, -0.1) is 0 Å². The first-order valence-electron chi connectivity index (χ1n) is 10.7. The van der Waals surface area contributed by atoms with E-state index in [0.29, 0.717) is 37.7 Å². The SMILES string of the molecule is CCC[C@H]1C(O)=C2CC[C@@]3(C)C[C@H](C)[C@H](O)[C@H](C[C@H](C)C(=O)C[C@H]1OC2=O)O3. The van der Waals surface area contributed by atoms with Gasteiger partial charge in [-0.05, 0) is 44.9 Å². The van der Waals surface area contributed by atoms with E-state index in [1.165, 1.54) is 0 Å². The molecule has 4 aliphatic rings. The summed E-state index contributed by atoms with van der Waals surface area (Å²) in [6.45, 7) is 7.85. The van der Waals surface area contributed by atoms with Crippen molar-refractivity contribution in [2.45, 2.75) is 96.6 Å². The molecule has 2 saturated heterocycles. The standard InChI is InChI=1S/C22H34O6/c1-5-6-14-17-10-16(23)12(2)9-18-19(24)13(3)11-22(4,28-18)8-7-15(20(14)25)21(26)27-17/h12-14,17-19,24-25H,5-11H2,1-4H3/t12-,13-,14+,17+,18-,19-,22-/m0/s1. The first-order chi connectivity index (χ1) is 13.1. The number of aliphatic hydroxyl groups excluding tert-OH is 2. The van der Waals surface area contributed by atoms with Gasteiger partial charge in [0, 0.05) is 12.3 Å². The zero-order valence-corrected chi connectivity index (χ0v) is 17.4. The van der Waals surface area contributed by atoms with Gasteiger partial charge < -0.3 is 19.7 Å². The molecule has 0 radical (unpaired) electrons. The molecule has 158 valence electrons. The van der Waals surface area contributed by atoms with Crippen molar-refractivity contribution in [1.82, 2.24) is 0 Å². The Bertz CT molecular complexity index is 655. The molecule has 0 spiro atoms. The monoisotopic (exact) mass is 394 g/mol. The summed E-state index contributed by atoms with van der Waals surface area (Å²) in [5.41, 5.74) is -0.209. The Balaban J connectivity index is 1.98. The molecule has 0 aromatic carbocycles. The van der Waals surface area contributed by atoms with Crippen molar-refractivity contribution in [3.63, 3.8) is 0 Å². The van der Waals surface area contributed by atoms with Gasteiger partial charge in [0.15, 0.2) is 0 Å².